The maximum Gasteiger partial charge on any atom is 0.164 e. The summed E-state index contributed by atoms with van der Waals surface area (Å²) in [6, 6.07) is 0.133. The molecule has 0 spiro atoms. The fourth-order valence-corrected chi connectivity index (χ4v) is 5.73. The zero-order chi connectivity index (χ0) is 13.2. The average molecular weight is 294 g/mol. The van der Waals surface area contributed by atoms with Crippen LogP contribution in [0.3, 0.4) is 0 Å². The summed E-state index contributed by atoms with van der Waals surface area (Å²) in [6.45, 7) is 2.79. The van der Waals surface area contributed by atoms with Gasteiger partial charge in [-0.2, -0.15) is 11.8 Å². The van der Waals surface area contributed by atoms with Crippen molar-refractivity contribution < 1.29 is 13.2 Å². The molecular formula is C11H22N2O3S2. The number of sulfone groups is 1. The number of rotatable bonds is 4. The summed E-state index contributed by atoms with van der Waals surface area (Å²) >= 11 is 1.71. The summed E-state index contributed by atoms with van der Waals surface area (Å²) in [5.74, 6) is 2.02. The molecule has 2 rings (SSSR count). The normalized spacial score (nSPS) is 32.6. The average Bonchev–Trinajstić information content (AvgIpc) is 2.83. The Morgan fingerprint density at radius 3 is 2.89 bits per heavy atom. The third kappa shape index (κ3) is 3.19. The monoisotopic (exact) mass is 294 g/mol. The number of nitrogens with two attached hydrogens (primary N) is 1. The van der Waals surface area contributed by atoms with Gasteiger partial charge in [0, 0.05) is 49.4 Å². The molecule has 106 valence electrons. The smallest absolute Gasteiger partial charge is 0.164 e. The van der Waals surface area contributed by atoms with Gasteiger partial charge in [0.2, 0.25) is 0 Å². The van der Waals surface area contributed by atoms with Crippen molar-refractivity contribution in [3.63, 3.8) is 0 Å². The second-order valence-corrected chi connectivity index (χ2v) is 8.38. The van der Waals surface area contributed by atoms with Crippen molar-refractivity contribution in [2.75, 3.05) is 44.1 Å². The molecule has 3 atom stereocenters. The van der Waals surface area contributed by atoms with Crippen LogP contribution >= 0.6 is 11.8 Å². The third-order valence-electron chi connectivity index (χ3n) is 3.79. The lowest BCUT2D eigenvalue weighted by atomic mass is 9.97. The van der Waals surface area contributed by atoms with Crippen LogP contribution in [0.5, 0.6) is 0 Å². The van der Waals surface area contributed by atoms with Crippen LogP contribution in [0.15, 0.2) is 0 Å². The largest absolute Gasteiger partial charge is 0.381 e. The summed E-state index contributed by atoms with van der Waals surface area (Å²) in [4.78, 5) is 2.10. The molecule has 0 radical (unpaired) electrons. The Kier molecular flexibility index (Phi) is 4.93. The van der Waals surface area contributed by atoms with Crippen molar-refractivity contribution in [3.8, 4) is 0 Å². The summed E-state index contributed by atoms with van der Waals surface area (Å²) in [6.07, 6.45) is 2.32. The van der Waals surface area contributed by atoms with E-state index in [9.17, 15) is 8.42 Å². The van der Waals surface area contributed by atoms with Gasteiger partial charge in [0.1, 0.15) is 5.37 Å². The molecule has 2 saturated heterocycles. The first-order valence-electron chi connectivity index (χ1n) is 6.34. The van der Waals surface area contributed by atoms with E-state index in [0.29, 0.717) is 24.8 Å². The molecule has 3 unspecified atom stereocenters. The maximum absolute atomic E-state index is 11.9. The van der Waals surface area contributed by atoms with Crippen LogP contribution in [0.2, 0.25) is 0 Å². The van der Waals surface area contributed by atoms with E-state index in [-0.39, 0.29) is 11.4 Å². The van der Waals surface area contributed by atoms with Gasteiger partial charge in [-0.05, 0) is 6.42 Å². The minimum absolute atomic E-state index is 0.133. The molecule has 0 amide bonds. The third-order valence-corrected chi connectivity index (χ3v) is 6.45. The van der Waals surface area contributed by atoms with Crippen molar-refractivity contribution in [2.24, 2.45) is 11.7 Å². The predicted octanol–water partition coefficient (Wildman–Crippen LogP) is -0.230. The standard InChI is InChI=1S/C11H22N2O3S2/c1-18(14,15)11-8-17-5-3-13(11)10(6-12)9-2-4-16-7-9/h9-11H,2-8,12H2,1H3. The van der Waals surface area contributed by atoms with Crippen molar-refractivity contribution in [1.29, 1.82) is 0 Å². The Labute approximate surface area is 113 Å². The van der Waals surface area contributed by atoms with E-state index in [4.69, 9.17) is 10.5 Å². The number of hydrogen-bond acceptors (Lipinski definition) is 6. The molecule has 2 aliphatic rings. The lowest BCUT2D eigenvalue weighted by molar-refractivity contribution is 0.119. The summed E-state index contributed by atoms with van der Waals surface area (Å²) in [5, 5.41) is -0.384. The van der Waals surface area contributed by atoms with Crippen molar-refractivity contribution >= 4 is 21.6 Å². The van der Waals surface area contributed by atoms with E-state index in [1.807, 2.05) is 0 Å². The van der Waals surface area contributed by atoms with Gasteiger partial charge in [-0.3, -0.25) is 4.90 Å². The number of hydrogen-bond donors (Lipinski definition) is 1. The molecular weight excluding hydrogens is 272 g/mol. The lowest BCUT2D eigenvalue weighted by Gasteiger charge is -2.41. The first kappa shape index (κ1) is 14.6. The van der Waals surface area contributed by atoms with Crippen molar-refractivity contribution in [1.82, 2.24) is 4.90 Å². The Balaban J connectivity index is 2.15. The van der Waals surface area contributed by atoms with Crippen LogP contribution in [0, 0.1) is 5.92 Å². The Bertz CT molecular complexity index is 368. The molecule has 0 aromatic rings. The van der Waals surface area contributed by atoms with Crippen molar-refractivity contribution in [3.05, 3.63) is 0 Å². The highest BCUT2D eigenvalue weighted by atomic mass is 32.2. The molecule has 0 bridgehead atoms. The molecule has 18 heavy (non-hydrogen) atoms. The Morgan fingerprint density at radius 1 is 1.56 bits per heavy atom. The first-order valence-corrected chi connectivity index (χ1v) is 9.45. The van der Waals surface area contributed by atoms with Gasteiger partial charge < -0.3 is 10.5 Å². The van der Waals surface area contributed by atoms with Gasteiger partial charge in [0.05, 0.1) is 6.61 Å². The van der Waals surface area contributed by atoms with E-state index < -0.39 is 9.84 Å². The lowest BCUT2D eigenvalue weighted by Crippen LogP contribution is -2.56. The van der Waals surface area contributed by atoms with Crippen LogP contribution in [0.25, 0.3) is 0 Å². The Hall–Kier alpha value is 0.180. The van der Waals surface area contributed by atoms with Crippen LogP contribution < -0.4 is 5.73 Å². The van der Waals surface area contributed by atoms with E-state index in [1.165, 1.54) is 6.26 Å². The first-order chi connectivity index (χ1) is 8.54. The summed E-state index contributed by atoms with van der Waals surface area (Å²) < 4.78 is 29.2. The van der Waals surface area contributed by atoms with Gasteiger partial charge >= 0.3 is 0 Å². The van der Waals surface area contributed by atoms with E-state index in [1.54, 1.807) is 11.8 Å². The molecule has 5 nitrogen and oxygen atoms in total. The van der Waals surface area contributed by atoms with Gasteiger partial charge in [0.15, 0.2) is 9.84 Å². The highest BCUT2D eigenvalue weighted by molar-refractivity contribution is 8.00. The minimum atomic E-state index is -3.05. The number of thioether (sulfide) groups is 1. The van der Waals surface area contributed by atoms with E-state index in [2.05, 4.69) is 4.90 Å². The Morgan fingerprint density at radius 2 is 2.33 bits per heavy atom. The zero-order valence-electron chi connectivity index (χ0n) is 10.7. The molecule has 0 saturated carbocycles. The second-order valence-electron chi connectivity index (χ2n) is 5.02. The van der Waals surface area contributed by atoms with Crippen LogP contribution in [0.4, 0.5) is 0 Å². The highest BCUT2D eigenvalue weighted by Gasteiger charge is 2.39. The van der Waals surface area contributed by atoms with Crippen LogP contribution in [-0.2, 0) is 14.6 Å². The van der Waals surface area contributed by atoms with Gasteiger partial charge in [-0.15, -0.1) is 0 Å². The SMILES string of the molecule is CS(=O)(=O)C1CSCCN1C(CN)C1CCOC1. The van der Waals surface area contributed by atoms with Crippen molar-refractivity contribution in [2.45, 2.75) is 17.8 Å². The van der Waals surface area contributed by atoms with Gasteiger partial charge in [0.25, 0.3) is 0 Å². The fraction of sp³-hybridized carbons (Fsp3) is 1.00. The van der Waals surface area contributed by atoms with E-state index in [0.717, 1.165) is 25.3 Å². The molecule has 0 aromatic carbocycles. The molecule has 7 heteroatoms. The predicted molar refractivity (Wildman–Crippen MR) is 74.4 cm³/mol. The molecule has 0 aromatic heterocycles. The highest BCUT2D eigenvalue weighted by Crippen LogP contribution is 2.28. The topological polar surface area (TPSA) is 72.6 Å². The van der Waals surface area contributed by atoms with Crippen LogP contribution in [0.1, 0.15) is 6.42 Å². The quantitative estimate of drug-likeness (QED) is 0.772. The van der Waals surface area contributed by atoms with Crippen LogP contribution in [-0.4, -0.2) is 68.8 Å². The zero-order valence-corrected chi connectivity index (χ0v) is 12.4. The molecule has 2 N–H and O–H groups in total. The van der Waals surface area contributed by atoms with Gasteiger partial charge in [-0.1, -0.05) is 0 Å². The fourth-order valence-electron chi connectivity index (χ4n) is 2.80. The number of nitrogens with zero attached hydrogens (tertiary/aromatic N) is 1. The molecule has 2 aliphatic heterocycles. The molecule has 2 fully saturated rings. The second kappa shape index (κ2) is 6.09. The number of ether oxygens (including phenoxy) is 1. The molecule has 2 heterocycles. The molecule has 0 aliphatic carbocycles. The van der Waals surface area contributed by atoms with E-state index >= 15 is 0 Å². The minimum Gasteiger partial charge on any atom is -0.381 e. The van der Waals surface area contributed by atoms with Gasteiger partial charge in [-0.25, -0.2) is 8.42 Å². The summed E-state index contributed by atoms with van der Waals surface area (Å²) in [7, 11) is -3.05. The summed E-state index contributed by atoms with van der Waals surface area (Å²) in [5.41, 5.74) is 5.89. The maximum atomic E-state index is 11.9.